The van der Waals surface area contributed by atoms with Crippen LogP contribution in [0, 0.1) is 16.0 Å². The highest BCUT2D eigenvalue weighted by Crippen LogP contribution is 2.34. The summed E-state index contributed by atoms with van der Waals surface area (Å²) < 4.78 is 5.09. The Kier molecular flexibility index (Phi) is 3.43. The molecule has 1 aromatic heterocycles. The average Bonchev–Trinajstić information content (AvgIpc) is 2.90. The number of hydrogen-bond acceptors (Lipinski definition) is 6. The fraction of sp³-hybridized carbons (Fsp3) is 0.615. The number of nitrogens with zero attached hydrogens (tertiary/aromatic N) is 3. The summed E-state index contributed by atoms with van der Waals surface area (Å²) in [5, 5.41) is 14.7. The minimum atomic E-state index is -0.378. The van der Waals surface area contributed by atoms with Crippen molar-refractivity contribution < 1.29 is 9.66 Å². The van der Waals surface area contributed by atoms with Crippen LogP contribution >= 0.6 is 0 Å². The normalized spacial score (nSPS) is 25.4. The molecule has 2 unspecified atom stereocenters. The quantitative estimate of drug-likeness (QED) is 0.660. The van der Waals surface area contributed by atoms with E-state index in [0.717, 1.165) is 19.6 Å². The Hall–Kier alpha value is -1.89. The van der Waals surface area contributed by atoms with Crippen LogP contribution in [-0.2, 0) is 0 Å². The van der Waals surface area contributed by atoms with Crippen molar-refractivity contribution in [2.75, 3.05) is 31.6 Å². The van der Waals surface area contributed by atoms with Crippen LogP contribution in [0.4, 0.5) is 11.5 Å². The zero-order chi connectivity index (χ0) is 14.1. The summed E-state index contributed by atoms with van der Waals surface area (Å²) in [6.45, 7) is 2.62. The minimum Gasteiger partial charge on any atom is -0.481 e. The molecule has 2 saturated heterocycles. The highest BCUT2D eigenvalue weighted by molar-refractivity contribution is 5.60. The molecule has 7 heteroatoms. The number of fused-ring (bicyclic) bond motifs is 1. The monoisotopic (exact) mass is 278 g/mol. The van der Waals surface area contributed by atoms with Gasteiger partial charge in [-0.1, -0.05) is 0 Å². The van der Waals surface area contributed by atoms with Crippen molar-refractivity contribution in [1.82, 2.24) is 10.3 Å². The van der Waals surface area contributed by atoms with Gasteiger partial charge in [-0.15, -0.1) is 0 Å². The number of hydrogen-bond donors (Lipinski definition) is 1. The first-order valence-electron chi connectivity index (χ1n) is 6.87. The van der Waals surface area contributed by atoms with Crippen molar-refractivity contribution in [1.29, 1.82) is 0 Å². The van der Waals surface area contributed by atoms with E-state index < -0.39 is 0 Å². The van der Waals surface area contributed by atoms with Crippen LogP contribution in [-0.4, -0.2) is 42.7 Å². The summed E-state index contributed by atoms with van der Waals surface area (Å²) in [4.78, 5) is 17.1. The molecular weight excluding hydrogens is 260 g/mol. The Morgan fingerprint density at radius 2 is 2.35 bits per heavy atom. The standard InChI is InChI=1S/C13H18N4O3/c1-20-12-5-4-11(17(18)19)13(15-12)16-7-9-3-2-6-14-10(9)8-16/h4-5,9-10,14H,2-3,6-8H2,1H3. The molecule has 2 atom stereocenters. The van der Waals surface area contributed by atoms with Gasteiger partial charge in [0.1, 0.15) is 0 Å². The number of ether oxygens (including phenoxy) is 1. The van der Waals surface area contributed by atoms with Crippen molar-refractivity contribution >= 4 is 11.5 Å². The van der Waals surface area contributed by atoms with E-state index in [1.165, 1.54) is 32.1 Å². The van der Waals surface area contributed by atoms with Gasteiger partial charge in [0.05, 0.1) is 12.0 Å². The lowest BCUT2D eigenvalue weighted by Crippen LogP contribution is -2.40. The lowest BCUT2D eigenvalue weighted by Gasteiger charge is -2.24. The van der Waals surface area contributed by atoms with Crippen LogP contribution in [0.1, 0.15) is 12.8 Å². The Labute approximate surface area is 117 Å². The lowest BCUT2D eigenvalue weighted by molar-refractivity contribution is -0.384. The lowest BCUT2D eigenvalue weighted by atomic mass is 9.94. The van der Waals surface area contributed by atoms with Gasteiger partial charge in [0, 0.05) is 31.3 Å². The van der Waals surface area contributed by atoms with Gasteiger partial charge < -0.3 is 15.0 Å². The molecule has 7 nitrogen and oxygen atoms in total. The second-order valence-electron chi connectivity index (χ2n) is 5.32. The minimum absolute atomic E-state index is 0.0458. The maximum Gasteiger partial charge on any atom is 0.311 e. The molecule has 0 aliphatic carbocycles. The largest absolute Gasteiger partial charge is 0.481 e. The van der Waals surface area contributed by atoms with Gasteiger partial charge in [0.25, 0.3) is 0 Å². The summed E-state index contributed by atoms with van der Waals surface area (Å²) in [6.07, 6.45) is 2.34. The average molecular weight is 278 g/mol. The van der Waals surface area contributed by atoms with Crippen molar-refractivity contribution in [2.45, 2.75) is 18.9 Å². The molecule has 2 aliphatic heterocycles. The molecule has 2 aliphatic rings. The number of pyridine rings is 1. The maximum atomic E-state index is 11.2. The van der Waals surface area contributed by atoms with E-state index in [-0.39, 0.29) is 10.6 Å². The van der Waals surface area contributed by atoms with Crippen molar-refractivity contribution in [3.8, 4) is 5.88 Å². The van der Waals surface area contributed by atoms with E-state index in [9.17, 15) is 10.1 Å². The number of aromatic nitrogens is 1. The van der Waals surface area contributed by atoms with Crippen LogP contribution < -0.4 is 15.0 Å². The molecule has 0 aromatic carbocycles. The number of anilines is 1. The molecule has 1 N–H and O–H groups in total. The fourth-order valence-corrected chi connectivity index (χ4v) is 3.13. The van der Waals surface area contributed by atoms with Crippen LogP contribution in [0.3, 0.4) is 0 Å². The zero-order valence-corrected chi connectivity index (χ0v) is 11.4. The highest BCUT2D eigenvalue weighted by Gasteiger charge is 2.37. The molecule has 3 heterocycles. The third kappa shape index (κ3) is 2.29. The topological polar surface area (TPSA) is 80.5 Å². The molecular formula is C13H18N4O3. The van der Waals surface area contributed by atoms with E-state index in [4.69, 9.17) is 4.74 Å². The second-order valence-corrected chi connectivity index (χ2v) is 5.32. The molecule has 0 bridgehead atoms. The number of piperidine rings is 1. The van der Waals surface area contributed by atoms with E-state index in [1.807, 2.05) is 4.90 Å². The number of methoxy groups -OCH3 is 1. The first-order chi connectivity index (χ1) is 9.69. The van der Waals surface area contributed by atoms with E-state index in [2.05, 4.69) is 10.3 Å². The van der Waals surface area contributed by atoms with Crippen LogP contribution in [0.5, 0.6) is 5.88 Å². The fourth-order valence-electron chi connectivity index (χ4n) is 3.13. The molecule has 20 heavy (non-hydrogen) atoms. The molecule has 2 fully saturated rings. The first-order valence-corrected chi connectivity index (χ1v) is 6.87. The summed E-state index contributed by atoms with van der Waals surface area (Å²) in [5.74, 6) is 1.38. The SMILES string of the molecule is COc1ccc([N+](=O)[O-])c(N2CC3CCCNC3C2)n1. The van der Waals surface area contributed by atoms with Gasteiger partial charge in [-0.25, -0.2) is 0 Å². The summed E-state index contributed by atoms with van der Waals surface area (Å²) >= 11 is 0. The molecule has 108 valence electrons. The van der Waals surface area contributed by atoms with E-state index >= 15 is 0 Å². The van der Waals surface area contributed by atoms with Crippen LogP contribution in [0.2, 0.25) is 0 Å². The highest BCUT2D eigenvalue weighted by atomic mass is 16.6. The van der Waals surface area contributed by atoms with Gasteiger partial charge in [-0.3, -0.25) is 10.1 Å². The molecule has 1 aromatic rings. The van der Waals surface area contributed by atoms with Gasteiger partial charge in [0.2, 0.25) is 11.7 Å². The first kappa shape index (κ1) is 13.1. The van der Waals surface area contributed by atoms with E-state index in [1.54, 1.807) is 0 Å². The molecule has 0 amide bonds. The molecule has 0 radical (unpaired) electrons. The Morgan fingerprint density at radius 1 is 1.50 bits per heavy atom. The van der Waals surface area contributed by atoms with Gasteiger partial charge in [0.15, 0.2) is 0 Å². The van der Waals surface area contributed by atoms with Crippen molar-refractivity contribution in [2.24, 2.45) is 5.92 Å². The van der Waals surface area contributed by atoms with Crippen LogP contribution in [0.25, 0.3) is 0 Å². The Balaban J connectivity index is 1.90. The second kappa shape index (κ2) is 5.24. The smallest absolute Gasteiger partial charge is 0.311 e. The summed E-state index contributed by atoms with van der Waals surface area (Å²) in [5.41, 5.74) is 0.0458. The Morgan fingerprint density at radius 3 is 3.05 bits per heavy atom. The third-order valence-corrected chi connectivity index (χ3v) is 4.13. The van der Waals surface area contributed by atoms with Gasteiger partial charge >= 0.3 is 5.69 Å². The van der Waals surface area contributed by atoms with Crippen molar-refractivity contribution in [3.63, 3.8) is 0 Å². The maximum absolute atomic E-state index is 11.2. The third-order valence-electron chi connectivity index (χ3n) is 4.13. The molecule has 0 spiro atoms. The van der Waals surface area contributed by atoms with Gasteiger partial charge in [-0.2, -0.15) is 4.98 Å². The van der Waals surface area contributed by atoms with E-state index in [0.29, 0.717) is 23.7 Å². The summed E-state index contributed by atoms with van der Waals surface area (Å²) in [7, 11) is 1.52. The zero-order valence-electron chi connectivity index (χ0n) is 11.4. The Bertz CT molecular complexity index is 508. The van der Waals surface area contributed by atoms with Crippen molar-refractivity contribution in [3.05, 3.63) is 22.2 Å². The van der Waals surface area contributed by atoms with Gasteiger partial charge in [-0.05, 0) is 25.3 Å². The number of nitro groups is 1. The predicted molar refractivity (Wildman–Crippen MR) is 74.2 cm³/mol. The summed E-state index contributed by atoms with van der Waals surface area (Å²) in [6, 6.07) is 3.41. The molecule has 0 saturated carbocycles. The number of nitrogens with one attached hydrogen (secondary N) is 1. The predicted octanol–water partition coefficient (Wildman–Crippen LogP) is 1.19. The van der Waals surface area contributed by atoms with Crippen LogP contribution in [0.15, 0.2) is 12.1 Å². The molecule has 3 rings (SSSR count). The number of rotatable bonds is 3.